The largest absolute Gasteiger partial charge is 0.398 e. The minimum absolute atomic E-state index is 0.181. The number of pyridine rings is 2. The number of nitrogens with two attached hydrogens (primary N) is 1. The van der Waals surface area contributed by atoms with E-state index in [1.54, 1.807) is 17.5 Å². The molecule has 0 saturated heterocycles. The van der Waals surface area contributed by atoms with Crippen LogP contribution < -0.4 is 11.1 Å². The van der Waals surface area contributed by atoms with E-state index in [9.17, 15) is 0 Å². The number of likely N-dealkylation sites (N-methyl/N-ethyl adjacent to an activating group) is 1. The number of hydrogen-bond acceptors (Lipinski definition) is 5. The number of nitrogen functional groups attached to an aromatic ring is 1. The van der Waals surface area contributed by atoms with Crippen LogP contribution >= 0.6 is 11.3 Å². The lowest BCUT2D eigenvalue weighted by atomic mass is 10.0. The van der Waals surface area contributed by atoms with Crippen LogP contribution in [0, 0.1) is 0 Å². The van der Waals surface area contributed by atoms with Gasteiger partial charge in [0.15, 0.2) is 0 Å². The molecule has 0 spiro atoms. The maximum Gasteiger partial charge on any atom is 0.0809 e. The first kappa shape index (κ1) is 13.0. The normalized spacial score (nSPS) is 12.7. The van der Waals surface area contributed by atoms with Crippen molar-refractivity contribution in [1.82, 2.24) is 15.3 Å². The van der Waals surface area contributed by atoms with Gasteiger partial charge in [0, 0.05) is 30.3 Å². The fourth-order valence-corrected chi connectivity index (χ4v) is 3.06. The number of rotatable bonds is 4. The molecule has 3 aromatic rings. The molecule has 5 heteroatoms. The van der Waals surface area contributed by atoms with Crippen molar-refractivity contribution in [2.45, 2.75) is 12.5 Å². The Balaban J connectivity index is 1.91. The fraction of sp³-hybridized carbons (Fsp3) is 0.200. The summed E-state index contributed by atoms with van der Waals surface area (Å²) in [5, 5.41) is 5.40. The number of nitrogens with one attached hydrogen (secondary N) is 1. The fourth-order valence-electron chi connectivity index (χ4n) is 2.27. The van der Waals surface area contributed by atoms with Gasteiger partial charge in [-0.25, -0.2) is 0 Å². The first-order chi connectivity index (χ1) is 9.78. The van der Waals surface area contributed by atoms with Crippen LogP contribution in [0.25, 0.3) is 10.2 Å². The Bertz CT molecular complexity index is 722. The Morgan fingerprint density at radius 3 is 3.05 bits per heavy atom. The highest BCUT2D eigenvalue weighted by molar-refractivity contribution is 7.17. The monoisotopic (exact) mass is 284 g/mol. The van der Waals surface area contributed by atoms with E-state index < -0.39 is 0 Å². The molecule has 1 unspecified atom stereocenters. The van der Waals surface area contributed by atoms with Crippen LogP contribution in [0.3, 0.4) is 0 Å². The number of thiophene rings is 1. The van der Waals surface area contributed by atoms with Crippen molar-refractivity contribution in [2.75, 3.05) is 12.8 Å². The van der Waals surface area contributed by atoms with E-state index in [0.29, 0.717) is 0 Å². The first-order valence-corrected chi connectivity index (χ1v) is 7.34. The van der Waals surface area contributed by atoms with E-state index in [0.717, 1.165) is 23.2 Å². The molecule has 3 N–H and O–H groups in total. The predicted molar refractivity (Wildman–Crippen MR) is 83.8 cm³/mol. The van der Waals surface area contributed by atoms with Gasteiger partial charge >= 0.3 is 0 Å². The zero-order chi connectivity index (χ0) is 13.9. The van der Waals surface area contributed by atoms with Crippen molar-refractivity contribution in [2.24, 2.45) is 0 Å². The number of nitrogens with zero attached hydrogens (tertiary/aromatic N) is 2. The maximum absolute atomic E-state index is 5.99. The van der Waals surface area contributed by atoms with E-state index in [4.69, 9.17) is 5.73 Å². The molecule has 0 radical (unpaired) electrons. The molecule has 20 heavy (non-hydrogen) atoms. The molecule has 3 rings (SSSR count). The zero-order valence-corrected chi connectivity index (χ0v) is 12.0. The van der Waals surface area contributed by atoms with Crippen LogP contribution in [-0.4, -0.2) is 17.0 Å². The van der Waals surface area contributed by atoms with Gasteiger partial charge in [0.2, 0.25) is 0 Å². The van der Waals surface area contributed by atoms with Gasteiger partial charge in [-0.1, -0.05) is 0 Å². The molecule has 0 fully saturated rings. The second-order valence-corrected chi connectivity index (χ2v) is 5.64. The zero-order valence-electron chi connectivity index (χ0n) is 11.2. The van der Waals surface area contributed by atoms with E-state index in [1.165, 1.54) is 10.3 Å². The number of aromatic nitrogens is 2. The van der Waals surface area contributed by atoms with Crippen molar-refractivity contribution in [3.8, 4) is 0 Å². The summed E-state index contributed by atoms with van der Waals surface area (Å²) in [6, 6.07) is 6.25. The minimum atomic E-state index is 0.181. The van der Waals surface area contributed by atoms with Crippen molar-refractivity contribution >= 4 is 27.2 Å². The quantitative estimate of drug-likeness (QED) is 0.773. The van der Waals surface area contributed by atoms with Crippen molar-refractivity contribution in [3.05, 3.63) is 53.3 Å². The Morgan fingerprint density at radius 2 is 2.25 bits per heavy atom. The number of fused-ring (bicyclic) bond motifs is 1. The third-order valence-electron chi connectivity index (χ3n) is 3.44. The summed E-state index contributed by atoms with van der Waals surface area (Å²) in [4.78, 5) is 8.64. The lowest BCUT2D eigenvalue weighted by Crippen LogP contribution is -2.19. The topological polar surface area (TPSA) is 63.8 Å². The third kappa shape index (κ3) is 2.50. The highest BCUT2D eigenvalue weighted by Crippen LogP contribution is 2.25. The molecule has 3 heterocycles. The Morgan fingerprint density at radius 1 is 1.35 bits per heavy atom. The van der Waals surface area contributed by atoms with Crippen molar-refractivity contribution in [3.63, 3.8) is 0 Å². The van der Waals surface area contributed by atoms with Gasteiger partial charge in [-0.3, -0.25) is 9.97 Å². The summed E-state index contributed by atoms with van der Waals surface area (Å²) in [6.45, 7) is 0. The van der Waals surface area contributed by atoms with E-state index in [2.05, 4.69) is 26.7 Å². The molecule has 0 aromatic carbocycles. The smallest absolute Gasteiger partial charge is 0.0809 e. The summed E-state index contributed by atoms with van der Waals surface area (Å²) in [6.07, 6.45) is 6.28. The van der Waals surface area contributed by atoms with Gasteiger partial charge in [0.1, 0.15) is 0 Å². The average molecular weight is 284 g/mol. The number of hydrogen-bond donors (Lipinski definition) is 2. The second kappa shape index (κ2) is 5.56. The standard InChI is InChI=1S/C15H16N4S/c1-17-14(6-10-8-18-4-2-12(10)16)11-7-15-13(19-9-11)3-5-20-15/h2-5,7-9,14,17H,6H2,1H3,(H2,16,18). The molecule has 3 aromatic heterocycles. The molecule has 0 aliphatic rings. The molecular formula is C15H16N4S. The van der Waals surface area contributed by atoms with Crippen molar-refractivity contribution < 1.29 is 0 Å². The van der Waals surface area contributed by atoms with E-state index in [1.807, 2.05) is 31.6 Å². The van der Waals surface area contributed by atoms with Gasteiger partial charge in [0.05, 0.1) is 10.2 Å². The molecule has 0 aliphatic heterocycles. The molecule has 0 amide bonds. The molecule has 0 bridgehead atoms. The van der Waals surface area contributed by atoms with Crippen LogP contribution in [0.5, 0.6) is 0 Å². The molecule has 0 aliphatic carbocycles. The van der Waals surface area contributed by atoms with Gasteiger partial charge in [-0.15, -0.1) is 11.3 Å². The van der Waals surface area contributed by atoms with Crippen LogP contribution in [0.1, 0.15) is 17.2 Å². The highest BCUT2D eigenvalue weighted by Gasteiger charge is 2.13. The molecule has 1 atom stereocenters. The molecule has 102 valence electrons. The van der Waals surface area contributed by atoms with Crippen LogP contribution in [0.2, 0.25) is 0 Å². The molecule has 4 nitrogen and oxygen atoms in total. The van der Waals surface area contributed by atoms with Gasteiger partial charge in [0.25, 0.3) is 0 Å². The second-order valence-electron chi connectivity index (χ2n) is 4.69. The van der Waals surface area contributed by atoms with Gasteiger partial charge in [-0.05, 0) is 48.2 Å². The van der Waals surface area contributed by atoms with Gasteiger partial charge in [-0.2, -0.15) is 0 Å². The summed E-state index contributed by atoms with van der Waals surface area (Å²) >= 11 is 1.71. The van der Waals surface area contributed by atoms with Gasteiger partial charge < -0.3 is 11.1 Å². The van der Waals surface area contributed by atoms with Crippen molar-refractivity contribution in [1.29, 1.82) is 0 Å². The highest BCUT2D eigenvalue weighted by atomic mass is 32.1. The Kier molecular flexibility index (Phi) is 3.62. The summed E-state index contributed by atoms with van der Waals surface area (Å²) in [5.74, 6) is 0. The summed E-state index contributed by atoms with van der Waals surface area (Å²) < 4.78 is 1.21. The minimum Gasteiger partial charge on any atom is -0.398 e. The van der Waals surface area contributed by atoms with Crippen LogP contribution in [0.4, 0.5) is 5.69 Å². The summed E-state index contributed by atoms with van der Waals surface area (Å²) in [7, 11) is 1.95. The first-order valence-electron chi connectivity index (χ1n) is 6.46. The summed E-state index contributed by atoms with van der Waals surface area (Å²) in [5.41, 5.74) is 10.1. The predicted octanol–water partition coefficient (Wildman–Crippen LogP) is 2.78. The van der Waals surface area contributed by atoms with E-state index in [-0.39, 0.29) is 6.04 Å². The van der Waals surface area contributed by atoms with Crippen LogP contribution in [-0.2, 0) is 6.42 Å². The Hall–Kier alpha value is -1.98. The number of anilines is 1. The van der Waals surface area contributed by atoms with Crippen LogP contribution in [0.15, 0.2) is 42.2 Å². The van der Waals surface area contributed by atoms with E-state index >= 15 is 0 Å². The Labute approximate surface area is 121 Å². The SMILES string of the molecule is CNC(Cc1cnccc1N)c1cnc2ccsc2c1. The molecular weight excluding hydrogens is 268 g/mol. The maximum atomic E-state index is 5.99. The molecule has 0 saturated carbocycles. The average Bonchev–Trinajstić information content (AvgIpc) is 2.94. The lowest BCUT2D eigenvalue weighted by molar-refractivity contribution is 0.591. The lowest BCUT2D eigenvalue weighted by Gasteiger charge is -2.17. The third-order valence-corrected chi connectivity index (χ3v) is 4.29.